The smallest absolute Gasteiger partial charge is 0.266 e. The molecule has 3 rings (SSSR count). The van der Waals surface area contributed by atoms with Gasteiger partial charge in [0.1, 0.15) is 24.0 Å². The van der Waals surface area contributed by atoms with E-state index in [1.807, 2.05) is 18.2 Å². The Morgan fingerprint density at radius 3 is 2.32 bits per heavy atom. The monoisotopic (exact) mass is 490 g/mol. The normalized spacial score (nSPS) is 11.0. The van der Waals surface area contributed by atoms with Crippen LogP contribution in [0.4, 0.5) is 5.69 Å². The number of ether oxygens (including phenoxy) is 1. The van der Waals surface area contributed by atoms with E-state index in [4.69, 9.17) is 51.1 Å². The van der Waals surface area contributed by atoms with Crippen LogP contribution in [0.5, 0.6) is 5.75 Å². The Morgan fingerprint density at radius 2 is 1.65 bits per heavy atom. The molecule has 8 heteroatoms. The molecule has 0 spiro atoms. The molecule has 3 aromatic carbocycles. The van der Waals surface area contributed by atoms with Gasteiger partial charge in [-0.3, -0.25) is 4.79 Å². The first-order valence-corrected chi connectivity index (χ1v) is 10.4. The number of carbonyl (C=O) groups excluding carboxylic acids is 1. The van der Waals surface area contributed by atoms with Gasteiger partial charge in [0.2, 0.25) is 0 Å². The van der Waals surface area contributed by atoms with E-state index >= 15 is 0 Å². The Labute approximate surface area is 199 Å². The number of nitriles is 1. The summed E-state index contributed by atoms with van der Waals surface area (Å²) in [5.41, 5.74) is 1.67. The molecule has 0 heterocycles. The average molecular weight is 492 g/mol. The summed E-state index contributed by atoms with van der Waals surface area (Å²) in [6.45, 7) is 0.275. The number of halogens is 4. The van der Waals surface area contributed by atoms with Crippen molar-refractivity contribution in [3.63, 3.8) is 0 Å². The summed E-state index contributed by atoms with van der Waals surface area (Å²) in [4.78, 5) is 12.6. The predicted molar refractivity (Wildman–Crippen MR) is 126 cm³/mol. The Hall–Kier alpha value is -2.68. The molecule has 0 saturated heterocycles. The minimum Gasteiger partial charge on any atom is -0.488 e. The molecule has 0 aliphatic carbocycles. The Kier molecular flexibility index (Phi) is 7.84. The summed E-state index contributed by atoms with van der Waals surface area (Å²) >= 11 is 23.9. The molecule has 156 valence electrons. The number of nitrogens with one attached hydrogen (secondary N) is 1. The summed E-state index contributed by atoms with van der Waals surface area (Å²) in [6.07, 6.45) is 1.41. The lowest BCUT2D eigenvalue weighted by Crippen LogP contribution is -2.13. The Bertz CT molecular complexity index is 1190. The van der Waals surface area contributed by atoms with E-state index in [1.165, 1.54) is 12.1 Å². The van der Waals surface area contributed by atoms with Crippen molar-refractivity contribution >= 4 is 64.1 Å². The second kappa shape index (κ2) is 10.6. The highest BCUT2D eigenvalue weighted by Gasteiger charge is 2.13. The molecule has 1 amide bonds. The molecule has 0 aromatic heterocycles. The van der Waals surface area contributed by atoms with Crippen LogP contribution in [-0.2, 0) is 11.4 Å². The van der Waals surface area contributed by atoms with Crippen molar-refractivity contribution in [2.45, 2.75) is 6.61 Å². The highest BCUT2D eigenvalue weighted by atomic mass is 35.5. The minimum absolute atomic E-state index is 0.135. The van der Waals surface area contributed by atoms with E-state index in [2.05, 4.69) is 5.32 Å². The molecular formula is C23H14Cl4N2O2. The molecule has 0 aliphatic rings. The predicted octanol–water partition coefficient (Wildman–Crippen LogP) is 7.42. The lowest BCUT2D eigenvalue weighted by Gasteiger charge is -2.11. The van der Waals surface area contributed by atoms with E-state index in [0.717, 1.165) is 5.56 Å². The zero-order chi connectivity index (χ0) is 22.4. The van der Waals surface area contributed by atoms with Gasteiger partial charge in [-0.25, -0.2) is 0 Å². The van der Waals surface area contributed by atoms with Crippen molar-refractivity contribution in [1.82, 2.24) is 0 Å². The fraction of sp³-hybridized carbons (Fsp3) is 0.0435. The summed E-state index contributed by atoms with van der Waals surface area (Å²) in [5.74, 6) is -0.140. The van der Waals surface area contributed by atoms with Gasteiger partial charge in [0.25, 0.3) is 5.91 Å². The molecule has 31 heavy (non-hydrogen) atoms. The number of nitrogens with zero attached hydrogens (tertiary/aromatic N) is 1. The molecule has 0 radical (unpaired) electrons. The standard InChI is InChI=1S/C23H14Cl4N2O2/c24-17-3-1-14(2-4-17)13-31-22-8-5-18(25)10-15(22)9-16(12-28)23(30)29-19-6-7-20(26)21(27)11-19/h1-11H,13H2,(H,29,30)/b16-9+. The van der Waals surface area contributed by atoms with Crippen LogP contribution < -0.4 is 10.1 Å². The van der Waals surface area contributed by atoms with Crippen LogP contribution in [0.2, 0.25) is 20.1 Å². The van der Waals surface area contributed by atoms with Crippen molar-refractivity contribution < 1.29 is 9.53 Å². The zero-order valence-electron chi connectivity index (χ0n) is 15.8. The first kappa shape index (κ1) is 23.0. The Balaban J connectivity index is 1.82. The maximum absolute atomic E-state index is 12.6. The van der Waals surface area contributed by atoms with E-state index in [0.29, 0.717) is 32.1 Å². The van der Waals surface area contributed by atoms with Crippen LogP contribution in [0.3, 0.4) is 0 Å². The molecule has 0 saturated carbocycles. The minimum atomic E-state index is -0.607. The number of carbonyl (C=O) groups is 1. The zero-order valence-corrected chi connectivity index (χ0v) is 18.9. The lowest BCUT2D eigenvalue weighted by atomic mass is 10.1. The largest absolute Gasteiger partial charge is 0.488 e. The van der Waals surface area contributed by atoms with E-state index in [-0.39, 0.29) is 17.2 Å². The fourth-order valence-corrected chi connectivity index (χ4v) is 3.19. The molecule has 0 unspecified atom stereocenters. The summed E-state index contributed by atoms with van der Waals surface area (Å²) in [6, 6.07) is 18.7. The topological polar surface area (TPSA) is 62.1 Å². The first-order valence-electron chi connectivity index (χ1n) is 8.90. The van der Waals surface area contributed by atoms with Gasteiger partial charge >= 0.3 is 0 Å². The third kappa shape index (κ3) is 6.40. The summed E-state index contributed by atoms with van der Waals surface area (Å²) in [5, 5.41) is 13.8. The molecule has 0 fully saturated rings. The highest BCUT2D eigenvalue weighted by Crippen LogP contribution is 2.28. The van der Waals surface area contributed by atoms with Gasteiger partial charge in [-0.15, -0.1) is 0 Å². The molecule has 4 nitrogen and oxygen atoms in total. The molecule has 0 atom stereocenters. The van der Waals surface area contributed by atoms with Crippen LogP contribution in [0, 0.1) is 11.3 Å². The van der Waals surface area contributed by atoms with Crippen LogP contribution in [0.1, 0.15) is 11.1 Å². The number of rotatable bonds is 6. The van der Waals surface area contributed by atoms with E-state index in [1.54, 1.807) is 42.5 Å². The Morgan fingerprint density at radius 1 is 0.935 bits per heavy atom. The molecule has 1 N–H and O–H groups in total. The van der Waals surface area contributed by atoms with Gasteiger partial charge in [0.15, 0.2) is 0 Å². The average Bonchev–Trinajstić information content (AvgIpc) is 2.75. The first-order chi connectivity index (χ1) is 14.9. The van der Waals surface area contributed by atoms with Gasteiger partial charge in [-0.2, -0.15) is 5.26 Å². The second-order valence-electron chi connectivity index (χ2n) is 6.35. The number of anilines is 1. The molecule has 3 aromatic rings. The third-order valence-corrected chi connectivity index (χ3v) is 5.35. The second-order valence-corrected chi connectivity index (χ2v) is 8.04. The van der Waals surface area contributed by atoms with Crippen molar-refractivity contribution in [3.05, 3.63) is 97.5 Å². The summed E-state index contributed by atoms with van der Waals surface area (Å²) < 4.78 is 5.87. The van der Waals surface area contributed by atoms with Gasteiger partial charge < -0.3 is 10.1 Å². The maximum atomic E-state index is 12.6. The van der Waals surface area contributed by atoms with Crippen molar-refractivity contribution in [2.75, 3.05) is 5.32 Å². The fourth-order valence-electron chi connectivity index (χ4n) is 2.58. The maximum Gasteiger partial charge on any atom is 0.266 e. The lowest BCUT2D eigenvalue weighted by molar-refractivity contribution is -0.112. The van der Waals surface area contributed by atoms with E-state index < -0.39 is 5.91 Å². The van der Waals surface area contributed by atoms with Crippen molar-refractivity contribution in [1.29, 1.82) is 5.26 Å². The number of benzene rings is 3. The van der Waals surface area contributed by atoms with Crippen LogP contribution in [0.15, 0.2) is 66.2 Å². The molecule has 0 bridgehead atoms. The van der Waals surface area contributed by atoms with Gasteiger partial charge in [0.05, 0.1) is 10.0 Å². The van der Waals surface area contributed by atoms with Crippen LogP contribution in [-0.4, -0.2) is 5.91 Å². The van der Waals surface area contributed by atoms with E-state index in [9.17, 15) is 10.1 Å². The number of amides is 1. The van der Waals surface area contributed by atoms with Crippen molar-refractivity contribution in [2.24, 2.45) is 0 Å². The highest BCUT2D eigenvalue weighted by molar-refractivity contribution is 6.42. The summed E-state index contributed by atoms with van der Waals surface area (Å²) in [7, 11) is 0. The molecular weight excluding hydrogens is 478 g/mol. The van der Waals surface area contributed by atoms with Crippen molar-refractivity contribution in [3.8, 4) is 11.8 Å². The van der Waals surface area contributed by atoms with Crippen LogP contribution >= 0.6 is 46.4 Å². The molecule has 0 aliphatic heterocycles. The quantitative estimate of drug-likeness (QED) is 0.288. The van der Waals surface area contributed by atoms with Gasteiger partial charge in [-0.1, -0.05) is 58.5 Å². The third-order valence-electron chi connectivity index (χ3n) is 4.12. The SMILES string of the molecule is N#C/C(=C\c1cc(Cl)ccc1OCc1ccc(Cl)cc1)C(=O)Nc1ccc(Cl)c(Cl)c1. The number of hydrogen-bond acceptors (Lipinski definition) is 3. The van der Waals surface area contributed by atoms with Gasteiger partial charge in [0, 0.05) is 21.3 Å². The number of hydrogen-bond donors (Lipinski definition) is 1. The van der Waals surface area contributed by atoms with Gasteiger partial charge in [-0.05, 0) is 60.2 Å². The van der Waals surface area contributed by atoms with Crippen LogP contribution in [0.25, 0.3) is 6.08 Å².